The molecular formula is C9H8BrF3O2. The van der Waals surface area contributed by atoms with Crippen molar-refractivity contribution >= 4 is 15.9 Å². The first kappa shape index (κ1) is 12.3. The Balaban J connectivity index is 3.36. The van der Waals surface area contributed by atoms with Gasteiger partial charge >= 0.3 is 6.18 Å². The van der Waals surface area contributed by atoms with Gasteiger partial charge in [0.15, 0.2) is 0 Å². The molecule has 0 saturated heterocycles. The van der Waals surface area contributed by atoms with Gasteiger partial charge in [-0.25, -0.2) is 0 Å². The van der Waals surface area contributed by atoms with Crippen molar-refractivity contribution in [2.75, 3.05) is 7.11 Å². The van der Waals surface area contributed by atoms with Crippen molar-refractivity contribution in [2.45, 2.75) is 12.8 Å². The molecule has 0 radical (unpaired) electrons. The Morgan fingerprint density at radius 3 is 2.40 bits per heavy atom. The smallest absolute Gasteiger partial charge is 0.416 e. The standard InChI is InChI=1S/C9H8BrF3O2/c1-15-8-3-6(9(11,12)13)5(4-14)2-7(8)10/h2-3,14H,4H2,1H3. The van der Waals surface area contributed by atoms with E-state index >= 15 is 0 Å². The van der Waals surface area contributed by atoms with Crippen molar-refractivity contribution in [3.63, 3.8) is 0 Å². The minimum atomic E-state index is -4.49. The molecule has 2 nitrogen and oxygen atoms in total. The second-order valence-corrected chi connectivity index (χ2v) is 3.65. The third-order valence-electron chi connectivity index (χ3n) is 1.85. The number of methoxy groups -OCH3 is 1. The molecule has 0 atom stereocenters. The number of rotatable bonds is 2. The Bertz CT molecular complexity index is 363. The summed E-state index contributed by atoms with van der Waals surface area (Å²) in [6.45, 7) is -0.669. The fourth-order valence-electron chi connectivity index (χ4n) is 1.15. The van der Waals surface area contributed by atoms with Crippen LogP contribution in [-0.2, 0) is 12.8 Å². The molecule has 0 amide bonds. The average molecular weight is 285 g/mol. The molecule has 0 saturated carbocycles. The van der Waals surface area contributed by atoms with Gasteiger partial charge in [-0.05, 0) is 33.6 Å². The van der Waals surface area contributed by atoms with E-state index in [1.165, 1.54) is 13.2 Å². The summed E-state index contributed by atoms with van der Waals surface area (Å²) in [6.07, 6.45) is -4.49. The van der Waals surface area contributed by atoms with Crippen molar-refractivity contribution in [1.29, 1.82) is 0 Å². The molecule has 0 aliphatic heterocycles. The summed E-state index contributed by atoms with van der Waals surface area (Å²) in [5.41, 5.74) is -1.07. The quantitative estimate of drug-likeness (QED) is 0.905. The number of halogens is 4. The number of aliphatic hydroxyl groups excluding tert-OH is 1. The van der Waals surface area contributed by atoms with Crippen molar-refractivity contribution in [1.82, 2.24) is 0 Å². The molecule has 84 valence electrons. The highest BCUT2D eigenvalue weighted by Gasteiger charge is 2.34. The van der Waals surface area contributed by atoms with Gasteiger partial charge in [-0.2, -0.15) is 13.2 Å². The maximum atomic E-state index is 12.5. The van der Waals surface area contributed by atoms with E-state index in [1.807, 2.05) is 0 Å². The van der Waals surface area contributed by atoms with Crippen LogP contribution in [-0.4, -0.2) is 12.2 Å². The van der Waals surface area contributed by atoms with Crippen LogP contribution in [0, 0.1) is 0 Å². The third kappa shape index (κ3) is 2.63. The molecule has 0 unspecified atom stereocenters. The Hall–Kier alpha value is -0.750. The summed E-state index contributed by atoms with van der Waals surface area (Å²) >= 11 is 3.05. The zero-order valence-corrected chi connectivity index (χ0v) is 9.32. The summed E-state index contributed by atoms with van der Waals surface area (Å²) in [4.78, 5) is 0. The van der Waals surface area contributed by atoms with Gasteiger partial charge in [0.1, 0.15) is 5.75 Å². The molecule has 0 fully saturated rings. The molecule has 6 heteroatoms. The Kier molecular flexibility index (Phi) is 3.62. The van der Waals surface area contributed by atoms with Crippen LogP contribution in [0.15, 0.2) is 16.6 Å². The molecular weight excluding hydrogens is 277 g/mol. The number of aliphatic hydroxyl groups is 1. The number of benzene rings is 1. The lowest BCUT2D eigenvalue weighted by Gasteiger charge is -2.14. The SMILES string of the molecule is COc1cc(C(F)(F)F)c(CO)cc1Br. The predicted molar refractivity (Wildman–Crippen MR) is 51.6 cm³/mol. The summed E-state index contributed by atoms with van der Waals surface area (Å²) < 4.78 is 42.6. The second kappa shape index (κ2) is 4.40. The Morgan fingerprint density at radius 1 is 1.40 bits per heavy atom. The first-order chi connectivity index (χ1) is 6.90. The first-order valence-corrected chi connectivity index (χ1v) is 4.74. The molecule has 0 bridgehead atoms. The largest absolute Gasteiger partial charge is 0.496 e. The van der Waals surface area contributed by atoms with Gasteiger partial charge in [0.05, 0.1) is 23.8 Å². The van der Waals surface area contributed by atoms with Crippen LogP contribution in [0.2, 0.25) is 0 Å². The minimum Gasteiger partial charge on any atom is -0.496 e. The molecule has 15 heavy (non-hydrogen) atoms. The van der Waals surface area contributed by atoms with Gasteiger partial charge in [-0.3, -0.25) is 0 Å². The summed E-state index contributed by atoms with van der Waals surface area (Å²) in [5.74, 6) is 0.0829. The van der Waals surface area contributed by atoms with Crippen molar-refractivity contribution in [3.05, 3.63) is 27.7 Å². The van der Waals surface area contributed by atoms with E-state index in [9.17, 15) is 13.2 Å². The maximum Gasteiger partial charge on any atom is 0.416 e. The third-order valence-corrected chi connectivity index (χ3v) is 2.47. The molecule has 1 N–H and O–H groups in total. The van der Waals surface area contributed by atoms with Gasteiger partial charge in [-0.15, -0.1) is 0 Å². The van der Waals surface area contributed by atoms with Crippen molar-refractivity contribution in [2.24, 2.45) is 0 Å². The van der Waals surface area contributed by atoms with E-state index in [0.29, 0.717) is 4.47 Å². The normalized spacial score (nSPS) is 11.6. The molecule has 1 aromatic carbocycles. The highest BCUT2D eigenvalue weighted by atomic mass is 79.9. The van der Waals surface area contributed by atoms with Crippen LogP contribution in [0.3, 0.4) is 0 Å². The average Bonchev–Trinajstić information content (AvgIpc) is 2.15. The lowest BCUT2D eigenvalue weighted by atomic mass is 10.1. The van der Waals surface area contributed by atoms with Gasteiger partial charge in [0.25, 0.3) is 0 Å². The molecule has 0 heterocycles. The molecule has 1 rings (SSSR count). The summed E-state index contributed by atoms with van der Waals surface area (Å²) in [7, 11) is 1.28. The predicted octanol–water partition coefficient (Wildman–Crippen LogP) is 2.97. The van der Waals surface area contributed by atoms with Crippen molar-refractivity contribution in [3.8, 4) is 5.75 Å². The lowest BCUT2D eigenvalue weighted by molar-refractivity contribution is -0.138. The van der Waals surface area contributed by atoms with Gasteiger partial charge in [0, 0.05) is 0 Å². The van der Waals surface area contributed by atoms with E-state index in [0.717, 1.165) is 6.07 Å². The maximum absolute atomic E-state index is 12.5. The van der Waals surface area contributed by atoms with Crippen LogP contribution in [0.4, 0.5) is 13.2 Å². The highest BCUT2D eigenvalue weighted by molar-refractivity contribution is 9.10. The van der Waals surface area contributed by atoms with Crippen LogP contribution in [0.25, 0.3) is 0 Å². The lowest BCUT2D eigenvalue weighted by Crippen LogP contribution is -2.09. The zero-order chi connectivity index (χ0) is 11.6. The molecule has 0 spiro atoms. The van der Waals surface area contributed by atoms with E-state index < -0.39 is 18.3 Å². The number of ether oxygens (including phenoxy) is 1. The van der Waals surface area contributed by atoms with Gasteiger partial charge < -0.3 is 9.84 Å². The van der Waals surface area contributed by atoms with Crippen LogP contribution in [0.1, 0.15) is 11.1 Å². The minimum absolute atomic E-state index is 0.0829. The fourth-order valence-corrected chi connectivity index (χ4v) is 1.70. The van der Waals surface area contributed by atoms with Crippen LogP contribution >= 0.6 is 15.9 Å². The first-order valence-electron chi connectivity index (χ1n) is 3.94. The number of hydrogen-bond acceptors (Lipinski definition) is 2. The molecule has 0 aliphatic rings. The van der Waals surface area contributed by atoms with E-state index in [-0.39, 0.29) is 11.3 Å². The Morgan fingerprint density at radius 2 is 2.00 bits per heavy atom. The summed E-state index contributed by atoms with van der Waals surface area (Å²) in [6, 6.07) is 2.05. The Labute approximate surface area is 92.8 Å². The van der Waals surface area contributed by atoms with Crippen LogP contribution in [0.5, 0.6) is 5.75 Å². The highest BCUT2D eigenvalue weighted by Crippen LogP contribution is 2.37. The monoisotopic (exact) mass is 284 g/mol. The van der Waals surface area contributed by atoms with E-state index in [2.05, 4.69) is 15.9 Å². The van der Waals surface area contributed by atoms with Crippen molar-refractivity contribution < 1.29 is 23.0 Å². The second-order valence-electron chi connectivity index (χ2n) is 2.80. The zero-order valence-electron chi connectivity index (χ0n) is 7.73. The topological polar surface area (TPSA) is 29.5 Å². The molecule has 0 aliphatic carbocycles. The van der Waals surface area contributed by atoms with Crippen LogP contribution < -0.4 is 4.74 Å². The number of hydrogen-bond donors (Lipinski definition) is 1. The fraction of sp³-hybridized carbons (Fsp3) is 0.333. The van der Waals surface area contributed by atoms with Gasteiger partial charge in [0.2, 0.25) is 0 Å². The van der Waals surface area contributed by atoms with E-state index in [1.54, 1.807) is 0 Å². The van der Waals surface area contributed by atoms with Gasteiger partial charge in [-0.1, -0.05) is 0 Å². The van der Waals surface area contributed by atoms with E-state index in [4.69, 9.17) is 9.84 Å². The number of alkyl halides is 3. The molecule has 0 aromatic heterocycles. The summed E-state index contributed by atoms with van der Waals surface area (Å²) in [5, 5.41) is 8.81. The molecule has 1 aromatic rings.